The standard InChI is InChI=1S/C14H17FN2O3/c1-3-4-5-8-17(2)14(20)16-10-6-7-12(15)11(9-10)13(18)19/h3,6-7,9H,1,4-5,8H2,2H3,(H,16,20)(H,18,19). The van der Waals surface area contributed by atoms with E-state index in [1.807, 2.05) is 0 Å². The maximum absolute atomic E-state index is 13.2. The van der Waals surface area contributed by atoms with Gasteiger partial charge < -0.3 is 15.3 Å². The van der Waals surface area contributed by atoms with Gasteiger partial charge in [-0.05, 0) is 31.0 Å². The van der Waals surface area contributed by atoms with Gasteiger partial charge in [-0.3, -0.25) is 0 Å². The zero-order chi connectivity index (χ0) is 15.1. The highest BCUT2D eigenvalue weighted by Crippen LogP contribution is 2.15. The number of rotatable bonds is 6. The van der Waals surface area contributed by atoms with Gasteiger partial charge in [-0.1, -0.05) is 6.08 Å². The molecule has 6 heteroatoms. The number of halogens is 1. The van der Waals surface area contributed by atoms with E-state index in [4.69, 9.17) is 5.11 Å². The van der Waals surface area contributed by atoms with Crippen LogP contribution in [0.2, 0.25) is 0 Å². The number of aromatic carboxylic acids is 1. The molecule has 1 aromatic carbocycles. The van der Waals surface area contributed by atoms with Gasteiger partial charge in [-0.15, -0.1) is 6.58 Å². The minimum Gasteiger partial charge on any atom is -0.478 e. The van der Waals surface area contributed by atoms with Crippen molar-refractivity contribution < 1.29 is 19.1 Å². The maximum Gasteiger partial charge on any atom is 0.338 e. The van der Waals surface area contributed by atoms with Gasteiger partial charge in [-0.25, -0.2) is 14.0 Å². The number of anilines is 1. The van der Waals surface area contributed by atoms with E-state index in [-0.39, 0.29) is 11.7 Å². The number of allylic oxidation sites excluding steroid dienone is 1. The highest BCUT2D eigenvalue weighted by atomic mass is 19.1. The molecule has 2 N–H and O–H groups in total. The smallest absolute Gasteiger partial charge is 0.338 e. The number of carbonyl (C=O) groups excluding carboxylic acids is 1. The number of benzene rings is 1. The molecule has 0 aliphatic heterocycles. The Balaban J connectivity index is 2.68. The average Bonchev–Trinajstić information content (AvgIpc) is 2.40. The van der Waals surface area contributed by atoms with Gasteiger partial charge in [0.15, 0.2) is 0 Å². The van der Waals surface area contributed by atoms with E-state index in [9.17, 15) is 14.0 Å². The van der Waals surface area contributed by atoms with Crippen LogP contribution in [0.5, 0.6) is 0 Å². The third-order valence-electron chi connectivity index (χ3n) is 2.70. The summed E-state index contributed by atoms with van der Waals surface area (Å²) in [5.74, 6) is -2.22. The predicted octanol–water partition coefficient (Wildman–Crippen LogP) is 2.95. The van der Waals surface area contributed by atoms with Crippen molar-refractivity contribution in [3.05, 3.63) is 42.2 Å². The van der Waals surface area contributed by atoms with E-state index in [0.29, 0.717) is 6.54 Å². The van der Waals surface area contributed by atoms with Crippen LogP contribution in [0.1, 0.15) is 23.2 Å². The van der Waals surface area contributed by atoms with Gasteiger partial charge in [0, 0.05) is 19.3 Å². The highest BCUT2D eigenvalue weighted by Gasteiger charge is 2.13. The van der Waals surface area contributed by atoms with Crippen LogP contribution in [0.4, 0.5) is 14.9 Å². The number of amides is 2. The number of carboxylic acid groups (broad SMARTS) is 1. The Morgan fingerprint density at radius 2 is 2.20 bits per heavy atom. The van der Waals surface area contributed by atoms with Crippen LogP contribution >= 0.6 is 0 Å². The van der Waals surface area contributed by atoms with Crippen LogP contribution in [0, 0.1) is 5.82 Å². The predicted molar refractivity (Wildman–Crippen MR) is 74.4 cm³/mol. The summed E-state index contributed by atoms with van der Waals surface area (Å²) < 4.78 is 13.2. The summed E-state index contributed by atoms with van der Waals surface area (Å²) in [5, 5.41) is 11.3. The second kappa shape index (κ2) is 7.28. The number of unbranched alkanes of at least 4 members (excludes halogenated alkanes) is 1. The average molecular weight is 280 g/mol. The third-order valence-corrected chi connectivity index (χ3v) is 2.70. The Bertz CT molecular complexity index is 517. The van der Waals surface area contributed by atoms with Crippen molar-refractivity contribution in [2.24, 2.45) is 0 Å². The fourth-order valence-corrected chi connectivity index (χ4v) is 1.56. The fraction of sp³-hybridized carbons (Fsp3) is 0.286. The summed E-state index contributed by atoms with van der Waals surface area (Å²) >= 11 is 0. The van der Waals surface area contributed by atoms with Crippen molar-refractivity contribution >= 4 is 17.7 Å². The van der Waals surface area contributed by atoms with E-state index < -0.39 is 17.3 Å². The molecule has 0 saturated heterocycles. The molecule has 0 radical (unpaired) electrons. The van der Waals surface area contributed by atoms with Gasteiger partial charge in [0.05, 0.1) is 5.56 Å². The number of nitrogens with one attached hydrogen (secondary N) is 1. The maximum atomic E-state index is 13.2. The van der Waals surface area contributed by atoms with E-state index in [2.05, 4.69) is 11.9 Å². The molecular formula is C14H17FN2O3. The number of carbonyl (C=O) groups is 2. The first kappa shape index (κ1) is 15.7. The van der Waals surface area contributed by atoms with Crippen molar-refractivity contribution in [1.29, 1.82) is 0 Å². The molecule has 0 bridgehead atoms. The first-order valence-corrected chi connectivity index (χ1v) is 6.11. The van der Waals surface area contributed by atoms with Gasteiger partial charge in [0.2, 0.25) is 0 Å². The lowest BCUT2D eigenvalue weighted by Crippen LogP contribution is -2.32. The van der Waals surface area contributed by atoms with Crippen molar-refractivity contribution in [2.75, 3.05) is 18.9 Å². The molecule has 0 saturated carbocycles. The normalized spacial score (nSPS) is 9.90. The SMILES string of the molecule is C=CCCCN(C)C(=O)Nc1ccc(F)c(C(=O)O)c1. The van der Waals surface area contributed by atoms with Crippen LogP contribution in [-0.4, -0.2) is 35.6 Å². The number of nitrogens with zero attached hydrogens (tertiary/aromatic N) is 1. The monoisotopic (exact) mass is 280 g/mol. The Hall–Kier alpha value is -2.37. The van der Waals surface area contributed by atoms with Gasteiger partial charge in [-0.2, -0.15) is 0 Å². The molecular weight excluding hydrogens is 263 g/mol. The van der Waals surface area contributed by atoms with Gasteiger partial charge in [0.25, 0.3) is 0 Å². The lowest BCUT2D eigenvalue weighted by atomic mass is 10.2. The number of carboxylic acids is 1. The van der Waals surface area contributed by atoms with E-state index in [1.54, 1.807) is 13.1 Å². The fourth-order valence-electron chi connectivity index (χ4n) is 1.56. The Morgan fingerprint density at radius 1 is 1.50 bits per heavy atom. The Kier molecular flexibility index (Phi) is 5.71. The zero-order valence-electron chi connectivity index (χ0n) is 11.2. The van der Waals surface area contributed by atoms with Crippen molar-refractivity contribution in [2.45, 2.75) is 12.8 Å². The highest BCUT2D eigenvalue weighted by molar-refractivity contribution is 5.93. The van der Waals surface area contributed by atoms with Gasteiger partial charge >= 0.3 is 12.0 Å². The van der Waals surface area contributed by atoms with Crippen LogP contribution in [-0.2, 0) is 0 Å². The Labute approximate surface area is 116 Å². The Morgan fingerprint density at radius 3 is 2.80 bits per heavy atom. The molecule has 0 aliphatic carbocycles. The minimum atomic E-state index is -1.38. The lowest BCUT2D eigenvalue weighted by Gasteiger charge is -2.17. The molecule has 0 heterocycles. The van der Waals surface area contributed by atoms with Crippen molar-refractivity contribution in [1.82, 2.24) is 4.90 Å². The summed E-state index contributed by atoms with van der Waals surface area (Å²) in [6.45, 7) is 4.14. The zero-order valence-corrected chi connectivity index (χ0v) is 11.2. The molecule has 5 nitrogen and oxygen atoms in total. The summed E-state index contributed by atoms with van der Waals surface area (Å²) in [6.07, 6.45) is 3.36. The molecule has 0 atom stereocenters. The van der Waals surface area contributed by atoms with Gasteiger partial charge in [0.1, 0.15) is 5.82 Å². The molecule has 20 heavy (non-hydrogen) atoms. The molecule has 0 aromatic heterocycles. The summed E-state index contributed by atoms with van der Waals surface area (Å²) in [6, 6.07) is 3.04. The van der Waals surface area contributed by atoms with Crippen molar-refractivity contribution in [3.63, 3.8) is 0 Å². The first-order chi connectivity index (χ1) is 9.45. The number of hydrogen-bond acceptors (Lipinski definition) is 2. The topological polar surface area (TPSA) is 69.6 Å². The molecule has 0 fully saturated rings. The molecule has 108 valence electrons. The summed E-state index contributed by atoms with van der Waals surface area (Å²) in [5.41, 5.74) is -0.235. The lowest BCUT2D eigenvalue weighted by molar-refractivity contribution is 0.0692. The quantitative estimate of drug-likeness (QED) is 0.621. The first-order valence-electron chi connectivity index (χ1n) is 6.11. The molecule has 0 unspecified atom stereocenters. The van der Waals surface area contributed by atoms with Crippen LogP contribution in [0.3, 0.4) is 0 Å². The molecule has 1 aromatic rings. The van der Waals surface area contributed by atoms with Crippen LogP contribution in [0.15, 0.2) is 30.9 Å². The second-order valence-corrected chi connectivity index (χ2v) is 4.28. The molecule has 1 rings (SSSR count). The minimum absolute atomic E-state index is 0.240. The number of hydrogen-bond donors (Lipinski definition) is 2. The molecule has 0 aliphatic rings. The van der Waals surface area contributed by atoms with Crippen LogP contribution in [0.25, 0.3) is 0 Å². The third kappa shape index (κ3) is 4.38. The summed E-state index contributed by atoms with van der Waals surface area (Å²) in [4.78, 5) is 24.1. The van der Waals surface area contributed by atoms with E-state index >= 15 is 0 Å². The summed E-state index contributed by atoms with van der Waals surface area (Å²) in [7, 11) is 1.63. The van der Waals surface area contributed by atoms with Crippen molar-refractivity contribution in [3.8, 4) is 0 Å². The molecule has 2 amide bonds. The van der Waals surface area contributed by atoms with E-state index in [1.165, 1.54) is 11.0 Å². The second-order valence-electron chi connectivity index (χ2n) is 4.28. The largest absolute Gasteiger partial charge is 0.478 e. The molecule has 0 spiro atoms. The van der Waals surface area contributed by atoms with Crippen LogP contribution < -0.4 is 5.32 Å². The number of urea groups is 1. The van der Waals surface area contributed by atoms with E-state index in [0.717, 1.165) is 25.0 Å².